The number of hydrogen-bond donors (Lipinski definition) is 2. The lowest BCUT2D eigenvalue weighted by atomic mass is 10.2. The van der Waals surface area contributed by atoms with Crippen molar-refractivity contribution in [3.05, 3.63) is 36.0 Å². The van der Waals surface area contributed by atoms with Gasteiger partial charge in [0.1, 0.15) is 11.4 Å². The molecule has 1 aromatic carbocycles. The van der Waals surface area contributed by atoms with Crippen LogP contribution in [0, 0.1) is 0 Å². The summed E-state index contributed by atoms with van der Waals surface area (Å²) in [6, 6.07) is 6.40. The largest absolute Gasteiger partial charge is 0.355 e. The molecule has 1 aliphatic heterocycles. The molecule has 0 aliphatic carbocycles. The van der Waals surface area contributed by atoms with Crippen LogP contribution in [0.25, 0.3) is 0 Å². The fraction of sp³-hybridized carbons (Fsp3) is 0.400. The van der Waals surface area contributed by atoms with Crippen LogP contribution in [0.2, 0.25) is 0 Å². The average molecular weight is 447 g/mol. The van der Waals surface area contributed by atoms with E-state index in [4.69, 9.17) is 0 Å². The highest BCUT2D eigenvalue weighted by Gasteiger charge is 2.28. The van der Waals surface area contributed by atoms with Crippen LogP contribution in [0.3, 0.4) is 0 Å². The Morgan fingerprint density at radius 3 is 2.52 bits per heavy atom. The fourth-order valence-electron chi connectivity index (χ4n) is 3.47. The van der Waals surface area contributed by atoms with E-state index in [2.05, 4.69) is 20.6 Å². The highest BCUT2D eigenvalue weighted by molar-refractivity contribution is 7.90. The molecule has 2 amide bonds. The number of anilines is 3. The molecule has 166 valence electrons. The first-order valence-electron chi connectivity index (χ1n) is 9.79. The average Bonchev–Trinajstić information content (AvgIpc) is 2.72. The highest BCUT2D eigenvalue weighted by Crippen LogP contribution is 2.27. The summed E-state index contributed by atoms with van der Waals surface area (Å²) < 4.78 is 24.3. The van der Waals surface area contributed by atoms with Gasteiger partial charge in [-0.15, -0.1) is 0 Å². The fourth-order valence-corrected chi connectivity index (χ4v) is 4.31. The minimum atomic E-state index is -3.50. The van der Waals surface area contributed by atoms with Crippen molar-refractivity contribution >= 4 is 39.1 Å². The highest BCUT2D eigenvalue weighted by atomic mass is 32.2. The van der Waals surface area contributed by atoms with Gasteiger partial charge in [0, 0.05) is 52.1 Å². The van der Waals surface area contributed by atoms with Crippen molar-refractivity contribution in [2.24, 2.45) is 0 Å². The monoisotopic (exact) mass is 446 g/mol. The second kappa shape index (κ2) is 8.88. The smallest absolute Gasteiger partial charge is 0.256 e. The van der Waals surface area contributed by atoms with E-state index in [1.165, 1.54) is 26.2 Å². The van der Waals surface area contributed by atoms with Gasteiger partial charge in [0.25, 0.3) is 5.91 Å². The summed E-state index contributed by atoms with van der Waals surface area (Å²) in [7, 11) is -2.01. The van der Waals surface area contributed by atoms with Gasteiger partial charge in [-0.05, 0) is 19.1 Å². The lowest BCUT2D eigenvalue weighted by molar-refractivity contribution is -0.129. The number of hydrogen-bond acceptors (Lipinski definition) is 8. The Bertz CT molecular complexity index is 1100. The van der Waals surface area contributed by atoms with E-state index in [-0.39, 0.29) is 28.2 Å². The molecular formula is C20H26N6O4S. The van der Waals surface area contributed by atoms with E-state index in [1.54, 1.807) is 23.1 Å². The van der Waals surface area contributed by atoms with Crippen LogP contribution >= 0.6 is 0 Å². The topological polar surface area (TPSA) is 125 Å². The third kappa shape index (κ3) is 4.93. The van der Waals surface area contributed by atoms with Gasteiger partial charge in [0.2, 0.25) is 11.9 Å². The molecule has 1 aliphatic rings. The third-order valence-corrected chi connectivity index (χ3v) is 6.27. The lowest BCUT2D eigenvalue weighted by Gasteiger charge is -2.39. The maximum absolute atomic E-state index is 12.4. The van der Waals surface area contributed by atoms with Crippen molar-refractivity contribution in [2.45, 2.75) is 24.8 Å². The zero-order valence-electron chi connectivity index (χ0n) is 17.9. The molecule has 31 heavy (non-hydrogen) atoms. The minimum absolute atomic E-state index is 0.0159. The Balaban J connectivity index is 2.00. The molecule has 2 N–H and O–H groups in total. The van der Waals surface area contributed by atoms with Crippen LogP contribution in [-0.4, -0.2) is 74.1 Å². The number of benzene rings is 1. The van der Waals surface area contributed by atoms with Crippen molar-refractivity contribution in [3.8, 4) is 0 Å². The maximum Gasteiger partial charge on any atom is 0.256 e. The molecule has 11 heteroatoms. The number of piperazine rings is 1. The van der Waals surface area contributed by atoms with Gasteiger partial charge in [-0.2, -0.15) is 4.98 Å². The molecule has 1 atom stereocenters. The van der Waals surface area contributed by atoms with E-state index < -0.39 is 15.7 Å². The van der Waals surface area contributed by atoms with Crippen LogP contribution in [0.4, 0.5) is 17.5 Å². The van der Waals surface area contributed by atoms with E-state index >= 15 is 0 Å². The van der Waals surface area contributed by atoms with Crippen molar-refractivity contribution < 1.29 is 18.0 Å². The molecule has 2 heterocycles. The summed E-state index contributed by atoms with van der Waals surface area (Å²) in [5, 5.41) is 5.55. The van der Waals surface area contributed by atoms with E-state index in [1.807, 2.05) is 11.8 Å². The Morgan fingerprint density at radius 1 is 1.19 bits per heavy atom. The number of carbonyl (C=O) groups excluding carboxylic acids is 2. The molecule has 0 saturated carbocycles. The van der Waals surface area contributed by atoms with Crippen molar-refractivity contribution in [3.63, 3.8) is 0 Å². The number of amides is 2. The molecule has 10 nitrogen and oxygen atoms in total. The zero-order chi connectivity index (χ0) is 22.8. The summed E-state index contributed by atoms with van der Waals surface area (Å²) in [6.45, 7) is 5.13. The normalized spacial score (nSPS) is 16.7. The minimum Gasteiger partial charge on any atom is -0.355 e. The van der Waals surface area contributed by atoms with Crippen LogP contribution in [-0.2, 0) is 14.6 Å². The zero-order valence-corrected chi connectivity index (χ0v) is 18.7. The molecule has 1 aromatic heterocycles. The number of sulfone groups is 1. The SMILES string of the molecule is CNC(=O)c1cnc(N2CCN(C(C)=O)CC2C)nc1Nc1ccccc1S(C)(=O)=O. The van der Waals surface area contributed by atoms with Gasteiger partial charge in [0.05, 0.1) is 10.6 Å². The number of aromatic nitrogens is 2. The summed E-state index contributed by atoms with van der Waals surface area (Å²) in [5.41, 5.74) is 0.499. The Morgan fingerprint density at radius 2 is 1.90 bits per heavy atom. The second-order valence-electron chi connectivity index (χ2n) is 7.41. The number of nitrogens with one attached hydrogen (secondary N) is 2. The van der Waals surface area contributed by atoms with Crippen LogP contribution < -0.4 is 15.5 Å². The molecule has 3 rings (SSSR count). The van der Waals surface area contributed by atoms with E-state index in [0.717, 1.165) is 6.26 Å². The first kappa shape index (κ1) is 22.5. The maximum atomic E-state index is 12.4. The van der Waals surface area contributed by atoms with Gasteiger partial charge in [-0.1, -0.05) is 12.1 Å². The number of para-hydroxylation sites is 1. The molecule has 1 fully saturated rings. The van der Waals surface area contributed by atoms with Gasteiger partial charge in [-0.25, -0.2) is 13.4 Å². The number of carbonyl (C=O) groups is 2. The quantitative estimate of drug-likeness (QED) is 0.698. The predicted molar refractivity (Wildman–Crippen MR) is 117 cm³/mol. The van der Waals surface area contributed by atoms with E-state index in [9.17, 15) is 18.0 Å². The van der Waals surface area contributed by atoms with Gasteiger partial charge in [-0.3, -0.25) is 9.59 Å². The first-order valence-corrected chi connectivity index (χ1v) is 11.7. The second-order valence-corrected chi connectivity index (χ2v) is 9.40. The van der Waals surface area contributed by atoms with Gasteiger partial charge in [0.15, 0.2) is 9.84 Å². The van der Waals surface area contributed by atoms with Gasteiger partial charge < -0.3 is 20.4 Å². The van der Waals surface area contributed by atoms with Crippen molar-refractivity contribution in [1.82, 2.24) is 20.2 Å². The Labute approximate surface area is 181 Å². The molecule has 1 saturated heterocycles. The molecule has 0 radical (unpaired) electrons. The molecule has 2 aromatic rings. The molecule has 1 unspecified atom stereocenters. The standard InChI is InChI=1S/C20H26N6O4S/c1-13-12-25(14(2)27)9-10-26(13)20-22-11-15(19(28)21-3)18(24-20)23-16-7-5-6-8-17(16)31(4,29)30/h5-8,11,13H,9-10,12H2,1-4H3,(H,21,28)(H,22,23,24). The summed E-state index contributed by atoms with van der Waals surface area (Å²) in [4.78, 5) is 36.8. The summed E-state index contributed by atoms with van der Waals surface area (Å²) in [6.07, 6.45) is 2.53. The first-order chi connectivity index (χ1) is 14.6. The molecule has 0 spiro atoms. The number of rotatable bonds is 5. The summed E-state index contributed by atoms with van der Waals surface area (Å²) in [5.74, 6) is 0.201. The Kier molecular flexibility index (Phi) is 6.44. The Hall–Kier alpha value is -3.21. The van der Waals surface area contributed by atoms with Crippen LogP contribution in [0.1, 0.15) is 24.2 Å². The summed E-state index contributed by atoms with van der Waals surface area (Å²) >= 11 is 0. The lowest BCUT2D eigenvalue weighted by Crippen LogP contribution is -2.53. The van der Waals surface area contributed by atoms with Crippen LogP contribution in [0.5, 0.6) is 0 Å². The van der Waals surface area contributed by atoms with Crippen molar-refractivity contribution in [2.75, 3.05) is 43.2 Å². The predicted octanol–water partition coefficient (Wildman–Crippen LogP) is 1.04. The van der Waals surface area contributed by atoms with E-state index in [0.29, 0.717) is 31.3 Å². The molecular weight excluding hydrogens is 420 g/mol. The van der Waals surface area contributed by atoms with Gasteiger partial charge >= 0.3 is 0 Å². The van der Waals surface area contributed by atoms with Crippen LogP contribution in [0.15, 0.2) is 35.4 Å². The third-order valence-electron chi connectivity index (χ3n) is 5.12. The van der Waals surface area contributed by atoms with Crippen molar-refractivity contribution in [1.29, 1.82) is 0 Å². The molecule has 0 bridgehead atoms. The number of nitrogens with zero attached hydrogens (tertiary/aromatic N) is 4.